The van der Waals surface area contributed by atoms with Crippen LogP contribution in [0, 0.1) is 5.92 Å². The summed E-state index contributed by atoms with van der Waals surface area (Å²) in [6, 6.07) is 5.94. The average Bonchev–Trinajstić information content (AvgIpc) is 2.74. The highest BCUT2D eigenvalue weighted by atomic mass is 16.3. The van der Waals surface area contributed by atoms with Gasteiger partial charge in [0.1, 0.15) is 0 Å². The van der Waals surface area contributed by atoms with Gasteiger partial charge in [-0.1, -0.05) is 45.2 Å². The number of carbonyl (C=O) groups excluding carboxylic acids is 1. The number of anilines is 1. The van der Waals surface area contributed by atoms with E-state index >= 15 is 0 Å². The van der Waals surface area contributed by atoms with Crippen LogP contribution >= 0.6 is 0 Å². The molecule has 1 amide bonds. The van der Waals surface area contributed by atoms with E-state index in [1.54, 1.807) is 11.9 Å². The molecule has 2 unspecified atom stereocenters. The molecule has 0 spiro atoms. The van der Waals surface area contributed by atoms with Crippen molar-refractivity contribution in [3.63, 3.8) is 0 Å². The van der Waals surface area contributed by atoms with E-state index in [1.807, 2.05) is 18.2 Å². The summed E-state index contributed by atoms with van der Waals surface area (Å²) in [6.45, 7) is 4.31. The molecular formula is C17H25NO2. The van der Waals surface area contributed by atoms with Gasteiger partial charge in [-0.05, 0) is 29.5 Å². The molecule has 1 N–H and O–H groups in total. The molecule has 0 radical (unpaired) electrons. The van der Waals surface area contributed by atoms with Gasteiger partial charge < -0.3 is 10.0 Å². The Morgan fingerprint density at radius 1 is 1.35 bits per heavy atom. The Bertz CT molecular complexity index is 484. The normalized spacial score (nSPS) is 17.2. The van der Waals surface area contributed by atoms with E-state index in [4.69, 9.17) is 0 Å². The zero-order valence-electron chi connectivity index (χ0n) is 12.7. The van der Waals surface area contributed by atoms with Gasteiger partial charge >= 0.3 is 0 Å². The van der Waals surface area contributed by atoms with Crippen LogP contribution in [0.3, 0.4) is 0 Å². The van der Waals surface area contributed by atoms with Crippen LogP contribution in [0.4, 0.5) is 5.69 Å². The molecule has 110 valence electrons. The minimum Gasteiger partial charge on any atom is -0.388 e. The number of fused-ring (bicyclic) bond motifs is 1. The highest BCUT2D eigenvalue weighted by Gasteiger charge is 2.26. The lowest BCUT2D eigenvalue weighted by molar-refractivity contribution is -0.117. The van der Waals surface area contributed by atoms with Gasteiger partial charge in [-0.25, -0.2) is 0 Å². The predicted molar refractivity (Wildman–Crippen MR) is 81.8 cm³/mol. The Kier molecular flexibility index (Phi) is 4.81. The second kappa shape index (κ2) is 6.40. The number of hydrogen-bond acceptors (Lipinski definition) is 2. The zero-order valence-corrected chi connectivity index (χ0v) is 12.7. The molecule has 0 saturated heterocycles. The van der Waals surface area contributed by atoms with E-state index in [-0.39, 0.29) is 5.91 Å². The van der Waals surface area contributed by atoms with Gasteiger partial charge in [0.25, 0.3) is 0 Å². The first-order valence-electron chi connectivity index (χ1n) is 7.65. The number of amides is 1. The zero-order chi connectivity index (χ0) is 14.7. The van der Waals surface area contributed by atoms with Crippen molar-refractivity contribution < 1.29 is 9.90 Å². The minimum atomic E-state index is -0.419. The molecule has 1 aliphatic heterocycles. The maximum absolute atomic E-state index is 11.7. The molecule has 3 nitrogen and oxygen atoms in total. The quantitative estimate of drug-likeness (QED) is 0.863. The number of benzene rings is 1. The lowest BCUT2D eigenvalue weighted by atomic mass is 9.88. The van der Waals surface area contributed by atoms with Crippen molar-refractivity contribution in [1.82, 2.24) is 0 Å². The SMILES string of the molecule is CCCCC(CC)C(O)c1ccc2c(c1)CC(=O)N2C. The van der Waals surface area contributed by atoms with Gasteiger partial charge in [-0.15, -0.1) is 0 Å². The van der Waals surface area contributed by atoms with Crippen molar-refractivity contribution in [2.75, 3.05) is 11.9 Å². The van der Waals surface area contributed by atoms with Crippen LogP contribution in [0.5, 0.6) is 0 Å². The van der Waals surface area contributed by atoms with E-state index in [0.29, 0.717) is 12.3 Å². The second-order valence-corrected chi connectivity index (χ2v) is 5.77. The fourth-order valence-electron chi connectivity index (χ4n) is 3.00. The first-order chi connectivity index (χ1) is 9.58. The summed E-state index contributed by atoms with van der Waals surface area (Å²) < 4.78 is 0. The van der Waals surface area contributed by atoms with Crippen molar-refractivity contribution in [2.45, 2.75) is 52.1 Å². The van der Waals surface area contributed by atoms with E-state index in [2.05, 4.69) is 13.8 Å². The van der Waals surface area contributed by atoms with E-state index in [9.17, 15) is 9.90 Å². The molecule has 3 heteroatoms. The number of aliphatic hydroxyl groups is 1. The molecule has 0 fully saturated rings. The summed E-state index contributed by atoms with van der Waals surface area (Å²) in [5.41, 5.74) is 2.97. The lowest BCUT2D eigenvalue weighted by Gasteiger charge is -2.22. The summed E-state index contributed by atoms with van der Waals surface area (Å²) in [5, 5.41) is 10.6. The third kappa shape index (κ3) is 2.88. The molecule has 20 heavy (non-hydrogen) atoms. The van der Waals surface area contributed by atoms with Gasteiger partial charge in [0.05, 0.1) is 12.5 Å². The Labute approximate surface area is 121 Å². The molecule has 0 aromatic heterocycles. The summed E-state index contributed by atoms with van der Waals surface area (Å²) in [5.74, 6) is 0.437. The lowest BCUT2D eigenvalue weighted by Crippen LogP contribution is -2.20. The number of hydrogen-bond donors (Lipinski definition) is 1. The van der Waals surface area contributed by atoms with E-state index in [0.717, 1.165) is 42.5 Å². The molecule has 1 aromatic carbocycles. The van der Waals surface area contributed by atoms with Crippen LogP contribution in [0.15, 0.2) is 18.2 Å². The average molecular weight is 275 g/mol. The highest BCUT2D eigenvalue weighted by Crippen LogP contribution is 2.34. The molecule has 2 atom stereocenters. The van der Waals surface area contributed by atoms with Gasteiger partial charge in [-0.3, -0.25) is 4.79 Å². The number of rotatable bonds is 6. The molecular weight excluding hydrogens is 250 g/mol. The third-order valence-corrected chi connectivity index (χ3v) is 4.42. The number of aliphatic hydroxyl groups excluding tert-OH is 1. The van der Waals surface area contributed by atoms with Gasteiger partial charge in [-0.2, -0.15) is 0 Å². The van der Waals surface area contributed by atoms with Gasteiger partial charge in [0.2, 0.25) is 5.91 Å². The Hall–Kier alpha value is -1.35. The third-order valence-electron chi connectivity index (χ3n) is 4.42. The maximum Gasteiger partial charge on any atom is 0.231 e. The number of unbranched alkanes of at least 4 members (excludes halogenated alkanes) is 1. The molecule has 1 aliphatic rings. The van der Waals surface area contributed by atoms with Crippen LogP contribution in [-0.4, -0.2) is 18.1 Å². The predicted octanol–water partition coefficient (Wildman–Crippen LogP) is 3.46. The molecule has 0 aliphatic carbocycles. The van der Waals surface area contributed by atoms with Crippen molar-refractivity contribution in [1.29, 1.82) is 0 Å². The standard InChI is InChI=1S/C17H25NO2/c1-4-6-7-12(5-2)17(20)13-8-9-15-14(10-13)11-16(19)18(15)3/h8-10,12,17,20H,4-7,11H2,1-3H3. The summed E-state index contributed by atoms with van der Waals surface area (Å²) in [6.07, 6.45) is 4.39. The maximum atomic E-state index is 11.7. The summed E-state index contributed by atoms with van der Waals surface area (Å²) in [7, 11) is 1.81. The largest absolute Gasteiger partial charge is 0.388 e. The smallest absolute Gasteiger partial charge is 0.231 e. The van der Waals surface area contributed by atoms with Crippen molar-refractivity contribution in [2.24, 2.45) is 5.92 Å². The molecule has 0 saturated carbocycles. The van der Waals surface area contributed by atoms with E-state index < -0.39 is 6.10 Å². The Balaban J connectivity index is 2.17. The van der Waals surface area contributed by atoms with Crippen LogP contribution < -0.4 is 4.90 Å². The minimum absolute atomic E-state index is 0.129. The summed E-state index contributed by atoms with van der Waals surface area (Å²) >= 11 is 0. The van der Waals surface area contributed by atoms with Crippen molar-refractivity contribution in [3.8, 4) is 0 Å². The van der Waals surface area contributed by atoms with Crippen LogP contribution in [-0.2, 0) is 11.2 Å². The molecule has 1 aromatic rings. The molecule has 2 rings (SSSR count). The number of nitrogens with zero attached hydrogens (tertiary/aromatic N) is 1. The summed E-state index contributed by atoms with van der Waals surface area (Å²) in [4.78, 5) is 13.4. The Morgan fingerprint density at radius 2 is 2.10 bits per heavy atom. The number of carbonyl (C=O) groups is 1. The fraction of sp³-hybridized carbons (Fsp3) is 0.588. The van der Waals surface area contributed by atoms with Crippen LogP contribution in [0.2, 0.25) is 0 Å². The monoisotopic (exact) mass is 275 g/mol. The molecule has 0 bridgehead atoms. The van der Waals surface area contributed by atoms with Gasteiger partial charge in [0.15, 0.2) is 0 Å². The first-order valence-corrected chi connectivity index (χ1v) is 7.65. The topological polar surface area (TPSA) is 40.5 Å². The second-order valence-electron chi connectivity index (χ2n) is 5.77. The van der Waals surface area contributed by atoms with Crippen LogP contribution in [0.1, 0.15) is 56.8 Å². The molecule has 1 heterocycles. The Morgan fingerprint density at radius 3 is 2.75 bits per heavy atom. The van der Waals surface area contributed by atoms with Crippen molar-refractivity contribution >= 4 is 11.6 Å². The number of likely N-dealkylation sites (N-methyl/N-ethyl adjacent to an activating group) is 1. The van der Waals surface area contributed by atoms with Crippen LogP contribution in [0.25, 0.3) is 0 Å². The van der Waals surface area contributed by atoms with E-state index in [1.165, 1.54) is 0 Å². The van der Waals surface area contributed by atoms with Gasteiger partial charge in [0, 0.05) is 12.7 Å². The first kappa shape index (κ1) is 15.0. The van der Waals surface area contributed by atoms with Crippen molar-refractivity contribution in [3.05, 3.63) is 29.3 Å². The highest BCUT2D eigenvalue weighted by molar-refractivity contribution is 6.00. The fourth-order valence-corrected chi connectivity index (χ4v) is 3.00.